The lowest BCUT2D eigenvalue weighted by molar-refractivity contribution is -0.139. The van der Waals surface area contributed by atoms with Crippen molar-refractivity contribution in [2.45, 2.75) is 69.9 Å². The van der Waals surface area contributed by atoms with Gasteiger partial charge >= 0.3 is 5.97 Å². The van der Waals surface area contributed by atoms with Gasteiger partial charge in [0.25, 0.3) is 0 Å². The minimum Gasteiger partial charge on any atom is -0.469 e. The summed E-state index contributed by atoms with van der Waals surface area (Å²) < 4.78 is 4.73. The van der Waals surface area contributed by atoms with Crippen molar-refractivity contribution in [3.8, 4) is 0 Å². The Hall–Kier alpha value is -1.61. The Morgan fingerprint density at radius 1 is 1.12 bits per heavy atom. The number of ether oxygens (including phenoxy) is 1. The molecule has 0 heterocycles. The van der Waals surface area contributed by atoms with Crippen molar-refractivity contribution in [2.75, 3.05) is 7.11 Å². The third-order valence-corrected chi connectivity index (χ3v) is 5.08. The van der Waals surface area contributed by atoms with Crippen LogP contribution in [0.2, 0.25) is 0 Å². The number of benzene rings is 1. The van der Waals surface area contributed by atoms with Gasteiger partial charge in [0, 0.05) is 12.1 Å². The zero-order valence-electron chi connectivity index (χ0n) is 14.7. The molecule has 1 N–H and O–H groups in total. The first-order chi connectivity index (χ1) is 11.7. The molecule has 0 radical (unpaired) electrons. The monoisotopic (exact) mass is 327 g/mol. The highest BCUT2D eigenvalue weighted by atomic mass is 16.5. The van der Waals surface area contributed by atoms with E-state index in [1.807, 2.05) is 12.1 Å². The van der Waals surface area contributed by atoms with Crippen molar-refractivity contribution in [3.05, 3.63) is 41.0 Å². The molecule has 1 aromatic rings. The predicted octanol–water partition coefficient (Wildman–Crippen LogP) is 4.26. The summed E-state index contributed by atoms with van der Waals surface area (Å²) in [6, 6.07) is 9.62. The summed E-state index contributed by atoms with van der Waals surface area (Å²) in [6.07, 6.45) is 13.2. The first-order valence-corrected chi connectivity index (χ1v) is 9.37. The Bertz CT molecular complexity index is 572. The number of carbonyl (C=O) groups is 1. The number of methoxy groups -OCH3 is 1. The van der Waals surface area contributed by atoms with Gasteiger partial charge in [-0.3, -0.25) is 4.79 Å². The zero-order chi connectivity index (χ0) is 16.8. The van der Waals surface area contributed by atoms with Gasteiger partial charge in [-0.15, -0.1) is 0 Å². The Morgan fingerprint density at radius 2 is 1.88 bits per heavy atom. The van der Waals surface area contributed by atoms with Gasteiger partial charge in [0.2, 0.25) is 0 Å². The van der Waals surface area contributed by atoms with Gasteiger partial charge in [0.15, 0.2) is 0 Å². The van der Waals surface area contributed by atoms with Crippen LogP contribution in [0.5, 0.6) is 0 Å². The van der Waals surface area contributed by atoms with Crippen LogP contribution in [0.25, 0.3) is 6.08 Å². The van der Waals surface area contributed by atoms with E-state index in [1.165, 1.54) is 64.0 Å². The van der Waals surface area contributed by atoms with Gasteiger partial charge in [0.05, 0.1) is 13.5 Å². The van der Waals surface area contributed by atoms with E-state index in [0.29, 0.717) is 12.5 Å². The number of hydrogen-bond acceptors (Lipinski definition) is 3. The second-order valence-electron chi connectivity index (χ2n) is 7.16. The summed E-state index contributed by atoms with van der Waals surface area (Å²) >= 11 is 0. The summed E-state index contributed by atoms with van der Waals surface area (Å²) in [7, 11) is 1.43. The Labute approximate surface area is 145 Å². The molecule has 3 nitrogen and oxygen atoms in total. The molecule has 2 saturated carbocycles. The van der Waals surface area contributed by atoms with Gasteiger partial charge in [0.1, 0.15) is 0 Å². The van der Waals surface area contributed by atoms with Crippen LogP contribution in [0.1, 0.15) is 62.5 Å². The third kappa shape index (κ3) is 5.20. The average Bonchev–Trinajstić information content (AvgIpc) is 3.39. The molecule has 0 spiro atoms. The fourth-order valence-corrected chi connectivity index (χ4v) is 3.47. The van der Waals surface area contributed by atoms with Crippen LogP contribution in [0.15, 0.2) is 29.8 Å². The Balaban J connectivity index is 1.71. The largest absolute Gasteiger partial charge is 0.469 e. The third-order valence-electron chi connectivity index (χ3n) is 5.08. The van der Waals surface area contributed by atoms with Crippen molar-refractivity contribution in [1.29, 1.82) is 0 Å². The number of hydrogen-bond donors (Lipinski definition) is 1. The summed E-state index contributed by atoms with van der Waals surface area (Å²) in [5.41, 5.74) is 3.80. The number of carbonyl (C=O) groups excluding carboxylic acids is 1. The smallest absolute Gasteiger partial charge is 0.309 e. The second-order valence-corrected chi connectivity index (χ2v) is 7.16. The van der Waals surface area contributed by atoms with Crippen LogP contribution in [-0.4, -0.2) is 25.2 Å². The number of esters is 1. The summed E-state index contributed by atoms with van der Waals surface area (Å²) in [6.45, 7) is 0. The number of rotatable bonds is 5. The molecule has 2 aliphatic rings. The Morgan fingerprint density at radius 3 is 2.58 bits per heavy atom. The highest BCUT2D eigenvalue weighted by molar-refractivity contribution is 5.72. The molecule has 3 heteroatoms. The Kier molecular flexibility index (Phi) is 6.08. The molecule has 3 rings (SSSR count). The number of nitrogens with one attached hydrogen (secondary N) is 1. The molecule has 1 aromatic carbocycles. The molecule has 2 fully saturated rings. The molecule has 24 heavy (non-hydrogen) atoms. The lowest BCUT2D eigenvalue weighted by atomic mass is 9.90. The van der Waals surface area contributed by atoms with E-state index in [1.54, 1.807) is 5.57 Å². The molecule has 2 aliphatic carbocycles. The molecule has 1 atom stereocenters. The second kappa shape index (κ2) is 8.48. The van der Waals surface area contributed by atoms with Gasteiger partial charge < -0.3 is 10.1 Å². The molecular weight excluding hydrogens is 298 g/mol. The van der Waals surface area contributed by atoms with Crippen LogP contribution in [0, 0.1) is 0 Å². The fourth-order valence-electron chi connectivity index (χ4n) is 3.47. The average molecular weight is 327 g/mol. The van der Waals surface area contributed by atoms with Gasteiger partial charge in [-0.25, -0.2) is 0 Å². The molecule has 0 aliphatic heterocycles. The standard InChI is InChI=1S/C21H29NO2/c1-24-21(23)15-17-10-8-16(9-11-17)14-18-6-4-2-3-5-7-20(18)22-19-12-13-19/h8-11,14,19-20,22H,2-7,12-13,15H2,1H3/b18-14+. The highest BCUT2D eigenvalue weighted by Gasteiger charge is 2.26. The molecule has 130 valence electrons. The normalized spacial score (nSPS) is 23.5. The first-order valence-electron chi connectivity index (χ1n) is 9.37. The minimum atomic E-state index is -0.185. The maximum atomic E-state index is 11.4. The van der Waals surface area contributed by atoms with E-state index in [0.717, 1.165) is 11.6 Å². The van der Waals surface area contributed by atoms with Crippen molar-refractivity contribution in [1.82, 2.24) is 5.32 Å². The quantitative estimate of drug-likeness (QED) is 0.821. The molecule has 0 bridgehead atoms. The van der Waals surface area contributed by atoms with E-state index in [9.17, 15) is 4.79 Å². The zero-order valence-corrected chi connectivity index (χ0v) is 14.7. The maximum absolute atomic E-state index is 11.4. The van der Waals surface area contributed by atoms with E-state index >= 15 is 0 Å². The molecule has 0 amide bonds. The highest BCUT2D eigenvalue weighted by Crippen LogP contribution is 2.28. The predicted molar refractivity (Wildman–Crippen MR) is 97.8 cm³/mol. The van der Waals surface area contributed by atoms with Gasteiger partial charge in [-0.1, -0.05) is 55.2 Å². The lowest BCUT2D eigenvalue weighted by Gasteiger charge is -2.25. The van der Waals surface area contributed by atoms with E-state index in [2.05, 4.69) is 23.5 Å². The summed E-state index contributed by atoms with van der Waals surface area (Å²) in [4.78, 5) is 11.4. The molecular formula is C21H29NO2. The van der Waals surface area contributed by atoms with Crippen LogP contribution < -0.4 is 5.32 Å². The minimum absolute atomic E-state index is 0.185. The summed E-state index contributed by atoms with van der Waals surface area (Å²) in [5.74, 6) is -0.185. The van der Waals surface area contributed by atoms with Crippen LogP contribution in [-0.2, 0) is 16.0 Å². The van der Waals surface area contributed by atoms with Crippen molar-refractivity contribution in [3.63, 3.8) is 0 Å². The summed E-state index contributed by atoms with van der Waals surface area (Å²) in [5, 5.41) is 3.85. The van der Waals surface area contributed by atoms with Crippen LogP contribution in [0.4, 0.5) is 0 Å². The maximum Gasteiger partial charge on any atom is 0.309 e. The van der Waals surface area contributed by atoms with Gasteiger partial charge in [-0.05, 0) is 43.2 Å². The SMILES string of the molecule is COC(=O)Cc1ccc(/C=C2\CCCCCCC2NC2CC2)cc1. The van der Waals surface area contributed by atoms with Gasteiger partial charge in [-0.2, -0.15) is 0 Å². The van der Waals surface area contributed by atoms with E-state index in [4.69, 9.17) is 4.74 Å². The van der Waals surface area contributed by atoms with Crippen molar-refractivity contribution in [2.24, 2.45) is 0 Å². The van der Waals surface area contributed by atoms with E-state index in [-0.39, 0.29) is 5.97 Å². The van der Waals surface area contributed by atoms with E-state index < -0.39 is 0 Å². The fraction of sp³-hybridized carbons (Fsp3) is 0.571. The first kappa shape index (κ1) is 17.2. The lowest BCUT2D eigenvalue weighted by Crippen LogP contribution is -2.33. The van der Waals surface area contributed by atoms with Crippen LogP contribution in [0.3, 0.4) is 0 Å². The molecule has 0 aromatic heterocycles. The van der Waals surface area contributed by atoms with Crippen LogP contribution >= 0.6 is 0 Å². The topological polar surface area (TPSA) is 38.3 Å². The van der Waals surface area contributed by atoms with Crippen molar-refractivity contribution < 1.29 is 9.53 Å². The molecule has 1 unspecified atom stereocenters. The molecule has 0 saturated heterocycles. The van der Waals surface area contributed by atoms with Crippen molar-refractivity contribution >= 4 is 12.0 Å².